The Morgan fingerprint density at radius 3 is 2.78 bits per heavy atom. The monoisotopic (exact) mass is 402 g/mol. The zero-order valence-corrected chi connectivity index (χ0v) is 17.4. The number of furan rings is 1. The summed E-state index contributed by atoms with van der Waals surface area (Å²) in [4.78, 5) is 14.0. The number of aryl methyl sites for hydroxylation is 2. The summed E-state index contributed by atoms with van der Waals surface area (Å²) in [5.41, 5.74) is 3.43. The molecular formula is C19H22N4O2S2. The molecule has 1 amide bonds. The SMILES string of the molecule is Cc1ccc(CN(C)C(=O)CSc2nnc(Nc3cccc(C)c3C)s2)o1. The van der Waals surface area contributed by atoms with E-state index in [0.717, 1.165) is 26.7 Å². The molecule has 3 rings (SSSR count). The van der Waals surface area contributed by atoms with Crippen LogP contribution in [0.25, 0.3) is 0 Å². The van der Waals surface area contributed by atoms with Crippen LogP contribution < -0.4 is 5.32 Å². The molecule has 0 spiro atoms. The molecule has 0 fully saturated rings. The molecule has 27 heavy (non-hydrogen) atoms. The molecule has 1 aromatic carbocycles. The highest BCUT2D eigenvalue weighted by molar-refractivity contribution is 8.01. The van der Waals surface area contributed by atoms with Crippen LogP contribution in [0.4, 0.5) is 10.8 Å². The fraction of sp³-hybridized carbons (Fsp3) is 0.316. The number of anilines is 2. The number of carbonyl (C=O) groups is 1. The van der Waals surface area contributed by atoms with Gasteiger partial charge in [0.15, 0.2) is 4.34 Å². The number of carbonyl (C=O) groups excluding carboxylic acids is 1. The van der Waals surface area contributed by atoms with E-state index in [2.05, 4.69) is 35.4 Å². The number of thioether (sulfide) groups is 1. The van der Waals surface area contributed by atoms with Gasteiger partial charge in [-0.15, -0.1) is 10.2 Å². The first-order valence-corrected chi connectivity index (χ1v) is 10.3. The fourth-order valence-electron chi connectivity index (χ4n) is 2.45. The van der Waals surface area contributed by atoms with Crippen LogP contribution in [0.3, 0.4) is 0 Å². The van der Waals surface area contributed by atoms with Gasteiger partial charge < -0.3 is 14.6 Å². The Bertz CT molecular complexity index is 935. The molecule has 0 bridgehead atoms. The third-order valence-electron chi connectivity index (χ3n) is 4.19. The van der Waals surface area contributed by atoms with Crippen molar-refractivity contribution in [2.45, 2.75) is 31.7 Å². The van der Waals surface area contributed by atoms with Crippen LogP contribution >= 0.6 is 23.1 Å². The topological polar surface area (TPSA) is 71.3 Å². The molecule has 2 heterocycles. The standard InChI is InChI=1S/C19H22N4O2S2/c1-12-6-5-7-16(14(12)3)20-18-21-22-19(27-18)26-11-17(24)23(4)10-15-9-8-13(2)25-15/h5-9H,10-11H2,1-4H3,(H,20,21). The Morgan fingerprint density at radius 1 is 1.22 bits per heavy atom. The van der Waals surface area contributed by atoms with Crippen molar-refractivity contribution >= 4 is 39.8 Å². The number of aromatic nitrogens is 2. The molecule has 0 atom stereocenters. The van der Waals surface area contributed by atoms with E-state index in [1.807, 2.05) is 31.2 Å². The number of nitrogens with one attached hydrogen (secondary N) is 1. The number of benzene rings is 1. The van der Waals surface area contributed by atoms with E-state index in [1.165, 1.54) is 34.2 Å². The first-order valence-electron chi connectivity index (χ1n) is 8.51. The Kier molecular flexibility index (Phi) is 6.18. The molecule has 142 valence electrons. The Labute approximate surface area is 167 Å². The van der Waals surface area contributed by atoms with Crippen molar-refractivity contribution in [1.29, 1.82) is 0 Å². The smallest absolute Gasteiger partial charge is 0.233 e. The largest absolute Gasteiger partial charge is 0.464 e. The van der Waals surface area contributed by atoms with E-state index in [1.54, 1.807) is 11.9 Å². The summed E-state index contributed by atoms with van der Waals surface area (Å²) in [5.74, 6) is 1.96. The summed E-state index contributed by atoms with van der Waals surface area (Å²) in [6.07, 6.45) is 0. The highest BCUT2D eigenvalue weighted by Gasteiger charge is 2.14. The predicted octanol–water partition coefficient (Wildman–Crippen LogP) is 4.55. The van der Waals surface area contributed by atoms with Gasteiger partial charge in [-0.2, -0.15) is 0 Å². The van der Waals surface area contributed by atoms with Crippen molar-refractivity contribution in [3.05, 3.63) is 53.0 Å². The molecule has 0 aliphatic rings. The summed E-state index contributed by atoms with van der Waals surface area (Å²) in [6, 6.07) is 9.89. The van der Waals surface area contributed by atoms with Crippen LogP contribution in [0.2, 0.25) is 0 Å². The maximum absolute atomic E-state index is 12.3. The average molecular weight is 403 g/mol. The molecule has 0 aliphatic heterocycles. The van der Waals surface area contributed by atoms with Gasteiger partial charge in [-0.3, -0.25) is 4.79 Å². The van der Waals surface area contributed by atoms with Crippen LogP contribution in [0.15, 0.2) is 39.1 Å². The van der Waals surface area contributed by atoms with Gasteiger partial charge >= 0.3 is 0 Å². The lowest BCUT2D eigenvalue weighted by molar-refractivity contribution is -0.127. The second-order valence-corrected chi connectivity index (χ2v) is 8.50. The zero-order chi connectivity index (χ0) is 19.4. The summed E-state index contributed by atoms with van der Waals surface area (Å²) in [6.45, 7) is 6.50. The second-order valence-electron chi connectivity index (χ2n) is 6.30. The number of hydrogen-bond donors (Lipinski definition) is 1. The van der Waals surface area contributed by atoms with Gasteiger partial charge in [0.05, 0.1) is 12.3 Å². The van der Waals surface area contributed by atoms with Crippen molar-refractivity contribution < 1.29 is 9.21 Å². The Balaban J connectivity index is 1.53. The minimum Gasteiger partial charge on any atom is -0.464 e. The van der Waals surface area contributed by atoms with Crippen LogP contribution in [0, 0.1) is 20.8 Å². The highest BCUT2D eigenvalue weighted by atomic mass is 32.2. The molecule has 1 N–H and O–H groups in total. The summed E-state index contributed by atoms with van der Waals surface area (Å²) in [5, 5.41) is 12.4. The van der Waals surface area contributed by atoms with Crippen LogP contribution in [0.5, 0.6) is 0 Å². The van der Waals surface area contributed by atoms with E-state index < -0.39 is 0 Å². The van der Waals surface area contributed by atoms with Crippen LogP contribution in [-0.4, -0.2) is 33.8 Å². The number of hydrogen-bond acceptors (Lipinski definition) is 7. The van der Waals surface area contributed by atoms with E-state index in [9.17, 15) is 4.79 Å². The average Bonchev–Trinajstić information content (AvgIpc) is 3.25. The lowest BCUT2D eigenvalue weighted by Gasteiger charge is -2.14. The van der Waals surface area contributed by atoms with Crippen LogP contribution in [0.1, 0.15) is 22.6 Å². The minimum absolute atomic E-state index is 0.0216. The maximum atomic E-state index is 12.3. The molecule has 0 saturated carbocycles. The second kappa shape index (κ2) is 8.58. The molecule has 2 aromatic heterocycles. The molecule has 0 radical (unpaired) electrons. The lowest BCUT2D eigenvalue weighted by Crippen LogP contribution is -2.27. The van der Waals surface area contributed by atoms with Crippen molar-refractivity contribution in [2.24, 2.45) is 0 Å². The first kappa shape index (κ1) is 19.4. The van der Waals surface area contributed by atoms with E-state index in [-0.39, 0.29) is 5.91 Å². The third kappa shape index (κ3) is 5.11. The first-order chi connectivity index (χ1) is 12.9. The summed E-state index contributed by atoms with van der Waals surface area (Å²) in [7, 11) is 1.77. The van der Waals surface area contributed by atoms with Gasteiger partial charge in [-0.05, 0) is 50.1 Å². The number of nitrogens with zero attached hydrogens (tertiary/aromatic N) is 3. The Hall–Kier alpha value is -2.32. The van der Waals surface area contributed by atoms with Gasteiger partial charge in [-0.1, -0.05) is 35.2 Å². The van der Waals surface area contributed by atoms with E-state index in [4.69, 9.17) is 4.42 Å². The van der Waals surface area contributed by atoms with E-state index in [0.29, 0.717) is 12.3 Å². The quantitative estimate of drug-likeness (QED) is 0.585. The molecule has 3 aromatic rings. The van der Waals surface area contributed by atoms with Crippen molar-refractivity contribution in [3.8, 4) is 0 Å². The summed E-state index contributed by atoms with van der Waals surface area (Å²) < 4.78 is 6.28. The Morgan fingerprint density at radius 2 is 2.04 bits per heavy atom. The zero-order valence-electron chi connectivity index (χ0n) is 15.8. The highest BCUT2D eigenvalue weighted by Crippen LogP contribution is 2.29. The fourth-order valence-corrected chi connectivity index (χ4v) is 4.15. The maximum Gasteiger partial charge on any atom is 0.233 e. The van der Waals surface area contributed by atoms with Gasteiger partial charge in [-0.25, -0.2) is 0 Å². The predicted molar refractivity (Wildman–Crippen MR) is 110 cm³/mol. The van der Waals surface area contributed by atoms with Crippen molar-refractivity contribution in [3.63, 3.8) is 0 Å². The molecule has 0 unspecified atom stereocenters. The van der Waals surface area contributed by atoms with Gasteiger partial charge in [0, 0.05) is 12.7 Å². The number of amides is 1. The summed E-state index contributed by atoms with van der Waals surface area (Å²) >= 11 is 2.84. The minimum atomic E-state index is 0.0216. The normalized spacial score (nSPS) is 10.8. The van der Waals surface area contributed by atoms with Gasteiger partial charge in [0.1, 0.15) is 11.5 Å². The van der Waals surface area contributed by atoms with Crippen LogP contribution in [-0.2, 0) is 11.3 Å². The van der Waals surface area contributed by atoms with Crippen molar-refractivity contribution in [1.82, 2.24) is 15.1 Å². The number of rotatable bonds is 7. The van der Waals surface area contributed by atoms with Gasteiger partial charge in [0.25, 0.3) is 0 Å². The third-order valence-corrected chi connectivity index (χ3v) is 6.14. The molecular weight excluding hydrogens is 380 g/mol. The molecule has 8 heteroatoms. The molecule has 0 saturated heterocycles. The van der Waals surface area contributed by atoms with Crippen molar-refractivity contribution in [2.75, 3.05) is 18.1 Å². The lowest BCUT2D eigenvalue weighted by atomic mass is 10.1. The van der Waals surface area contributed by atoms with E-state index >= 15 is 0 Å². The molecule has 0 aliphatic carbocycles. The molecule has 6 nitrogen and oxygen atoms in total. The van der Waals surface area contributed by atoms with Gasteiger partial charge in [0.2, 0.25) is 11.0 Å².